The number of carbonyl (C=O) groups is 1. The van der Waals surface area contributed by atoms with Crippen LogP contribution in [0, 0.1) is 0 Å². The second-order valence-electron chi connectivity index (χ2n) is 6.09. The highest BCUT2D eigenvalue weighted by Crippen LogP contribution is 2.20. The molecule has 2 aromatic heterocycles. The molecular weight excluding hydrogens is 328 g/mol. The zero-order chi connectivity index (χ0) is 18.5. The Morgan fingerprint density at radius 1 is 1.15 bits per heavy atom. The predicted molar refractivity (Wildman–Crippen MR) is 103 cm³/mol. The number of imidazole rings is 1. The molecule has 0 saturated carbocycles. The number of aryl methyl sites for hydroxylation is 1. The molecule has 26 heavy (non-hydrogen) atoms. The molecule has 0 saturated heterocycles. The highest BCUT2D eigenvalue weighted by Gasteiger charge is 2.17. The van der Waals surface area contributed by atoms with Crippen LogP contribution in [0.1, 0.15) is 31.3 Å². The van der Waals surface area contributed by atoms with E-state index in [0.29, 0.717) is 18.2 Å². The molecular formula is C19H26N6O. The monoisotopic (exact) mass is 354 g/mol. The van der Waals surface area contributed by atoms with Gasteiger partial charge in [-0.3, -0.25) is 14.8 Å². The minimum absolute atomic E-state index is 0.191. The van der Waals surface area contributed by atoms with E-state index in [4.69, 9.17) is 0 Å². The zero-order valence-corrected chi connectivity index (χ0v) is 15.6. The van der Waals surface area contributed by atoms with E-state index < -0.39 is 0 Å². The smallest absolute Gasteiger partial charge is 0.276 e. The standard InChI is InChI=1S/C19H26N6O/c1-4-23(5-2)13-14-24-16-10-8-7-9-15(16)21-19(24)22-18(26)17-11-12-20-25(17)6-3/h7-12H,4-6,13-14H2,1-3H3,(H,21,22,26). The van der Waals surface area contributed by atoms with Gasteiger partial charge in [0.2, 0.25) is 5.95 Å². The van der Waals surface area contributed by atoms with Gasteiger partial charge >= 0.3 is 0 Å². The maximum absolute atomic E-state index is 12.7. The number of carbonyl (C=O) groups excluding carboxylic acids is 1. The molecule has 3 rings (SSSR count). The minimum atomic E-state index is -0.191. The lowest BCUT2D eigenvalue weighted by Gasteiger charge is -2.19. The van der Waals surface area contributed by atoms with Crippen molar-refractivity contribution in [3.8, 4) is 0 Å². The molecule has 0 aliphatic carbocycles. The number of rotatable bonds is 8. The molecule has 1 N–H and O–H groups in total. The van der Waals surface area contributed by atoms with E-state index >= 15 is 0 Å². The molecule has 0 unspecified atom stereocenters. The van der Waals surface area contributed by atoms with Crippen LogP contribution in [-0.2, 0) is 13.1 Å². The van der Waals surface area contributed by atoms with Gasteiger partial charge in [0.1, 0.15) is 5.69 Å². The maximum Gasteiger partial charge on any atom is 0.276 e. The van der Waals surface area contributed by atoms with Gasteiger partial charge in [0.05, 0.1) is 11.0 Å². The molecule has 2 heterocycles. The number of anilines is 1. The average molecular weight is 354 g/mol. The number of aromatic nitrogens is 4. The Morgan fingerprint density at radius 3 is 2.65 bits per heavy atom. The fourth-order valence-corrected chi connectivity index (χ4v) is 3.12. The van der Waals surface area contributed by atoms with Crippen LogP contribution in [0.15, 0.2) is 36.5 Å². The molecule has 0 bridgehead atoms. The van der Waals surface area contributed by atoms with Crippen LogP contribution in [0.5, 0.6) is 0 Å². The highest BCUT2D eigenvalue weighted by molar-refractivity contribution is 6.02. The Morgan fingerprint density at radius 2 is 1.92 bits per heavy atom. The summed E-state index contributed by atoms with van der Waals surface area (Å²) in [5, 5.41) is 7.14. The van der Waals surface area contributed by atoms with Gasteiger partial charge in [0, 0.05) is 25.8 Å². The quantitative estimate of drug-likeness (QED) is 0.675. The van der Waals surface area contributed by atoms with Gasteiger partial charge in [0.25, 0.3) is 5.91 Å². The van der Waals surface area contributed by atoms with Crippen LogP contribution in [-0.4, -0.2) is 49.8 Å². The molecule has 0 radical (unpaired) electrons. The summed E-state index contributed by atoms with van der Waals surface area (Å²) in [6, 6.07) is 9.69. The molecule has 0 fully saturated rings. The number of fused-ring (bicyclic) bond motifs is 1. The summed E-state index contributed by atoms with van der Waals surface area (Å²) in [5.74, 6) is 0.385. The molecule has 7 nitrogen and oxygen atoms in total. The van der Waals surface area contributed by atoms with Crippen molar-refractivity contribution in [3.63, 3.8) is 0 Å². The van der Waals surface area contributed by atoms with Crippen molar-refractivity contribution in [2.75, 3.05) is 25.0 Å². The number of likely N-dealkylation sites (N-methyl/N-ethyl adjacent to an activating group) is 1. The maximum atomic E-state index is 12.7. The summed E-state index contributed by atoms with van der Waals surface area (Å²) in [6.45, 7) is 10.6. The number of amides is 1. The SMILES string of the molecule is CCN(CC)CCn1c(NC(=O)c2ccnn2CC)nc2ccccc21. The van der Waals surface area contributed by atoms with Crippen LogP contribution in [0.4, 0.5) is 5.95 Å². The van der Waals surface area contributed by atoms with Crippen molar-refractivity contribution in [1.82, 2.24) is 24.2 Å². The van der Waals surface area contributed by atoms with Crippen LogP contribution in [0.25, 0.3) is 11.0 Å². The van der Waals surface area contributed by atoms with Crippen LogP contribution < -0.4 is 5.32 Å². The topological polar surface area (TPSA) is 68.0 Å². The van der Waals surface area contributed by atoms with Crippen molar-refractivity contribution in [2.24, 2.45) is 0 Å². The minimum Gasteiger partial charge on any atom is -0.309 e. The summed E-state index contributed by atoms with van der Waals surface area (Å²) < 4.78 is 3.76. The highest BCUT2D eigenvalue weighted by atomic mass is 16.2. The fraction of sp³-hybridized carbons (Fsp3) is 0.421. The first-order valence-corrected chi connectivity index (χ1v) is 9.18. The van der Waals surface area contributed by atoms with E-state index in [9.17, 15) is 4.79 Å². The number of nitrogens with zero attached hydrogens (tertiary/aromatic N) is 5. The largest absolute Gasteiger partial charge is 0.309 e. The zero-order valence-electron chi connectivity index (χ0n) is 15.6. The Balaban J connectivity index is 1.89. The number of nitrogens with one attached hydrogen (secondary N) is 1. The average Bonchev–Trinajstić information content (AvgIpc) is 3.27. The lowest BCUT2D eigenvalue weighted by atomic mass is 10.3. The van der Waals surface area contributed by atoms with Crippen molar-refractivity contribution >= 4 is 22.9 Å². The second-order valence-corrected chi connectivity index (χ2v) is 6.09. The Hall–Kier alpha value is -2.67. The van der Waals surface area contributed by atoms with E-state index in [1.54, 1.807) is 16.9 Å². The van der Waals surface area contributed by atoms with Crippen molar-refractivity contribution < 1.29 is 4.79 Å². The third-order valence-electron chi connectivity index (χ3n) is 4.66. The second kappa shape index (κ2) is 8.14. The van der Waals surface area contributed by atoms with Crippen molar-refractivity contribution in [1.29, 1.82) is 0 Å². The van der Waals surface area contributed by atoms with Gasteiger partial charge in [-0.25, -0.2) is 4.98 Å². The number of hydrogen-bond acceptors (Lipinski definition) is 4. The van der Waals surface area contributed by atoms with Gasteiger partial charge in [-0.1, -0.05) is 26.0 Å². The molecule has 0 aliphatic rings. The first kappa shape index (κ1) is 18.1. The predicted octanol–water partition coefficient (Wildman–Crippen LogP) is 2.85. The van der Waals surface area contributed by atoms with Gasteiger partial charge in [-0.05, 0) is 38.2 Å². The Labute approximate surface area is 153 Å². The summed E-state index contributed by atoms with van der Waals surface area (Å²) in [4.78, 5) is 19.7. The third kappa shape index (κ3) is 3.62. The van der Waals surface area contributed by atoms with Gasteiger partial charge in [0.15, 0.2) is 0 Å². The van der Waals surface area contributed by atoms with Crippen molar-refractivity contribution in [2.45, 2.75) is 33.9 Å². The van der Waals surface area contributed by atoms with E-state index in [-0.39, 0.29) is 5.91 Å². The van der Waals surface area contributed by atoms with Crippen LogP contribution in [0.3, 0.4) is 0 Å². The van der Waals surface area contributed by atoms with Gasteiger partial charge in [-0.15, -0.1) is 0 Å². The fourth-order valence-electron chi connectivity index (χ4n) is 3.12. The Bertz CT molecular complexity index is 877. The molecule has 3 aromatic rings. The number of para-hydroxylation sites is 2. The van der Waals surface area contributed by atoms with E-state index in [0.717, 1.165) is 37.2 Å². The summed E-state index contributed by atoms with van der Waals surface area (Å²) in [5.41, 5.74) is 2.44. The molecule has 138 valence electrons. The Kier molecular flexibility index (Phi) is 5.68. The van der Waals surface area contributed by atoms with Crippen LogP contribution >= 0.6 is 0 Å². The van der Waals surface area contributed by atoms with E-state index in [1.807, 2.05) is 31.2 Å². The third-order valence-corrected chi connectivity index (χ3v) is 4.66. The summed E-state index contributed by atoms with van der Waals surface area (Å²) >= 11 is 0. The lowest BCUT2D eigenvalue weighted by molar-refractivity contribution is 0.101. The molecule has 0 spiro atoms. The number of benzene rings is 1. The van der Waals surface area contributed by atoms with E-state index in [2.05, 4.69) is 38.7 Å². The van der Waals surface area contributed by atoms with E-state index in [1.165, 1.54) is 0 Å². The lowest BCUT2D eigenvalue weighted by Crippen LogP contribution is -2.28. The van der Waals surface area contributed by atoms with Gasteiger partial charge < -0.3 is 9.47 Å². The van der Waals surface area contributed by atoms with Gasteiger partial charge in [-0.2, -0.15) is 5.10 Å². The molecule has 1 amide bonds. The molecule has 7 heteroatoms. The molecule has 1 aromatic carbocycles. The first-order chi connectivity index (χ1) is 12.7. The first-order valence-electron chi connectivity index (χ1n) is 9.18. The summed E-state index contributed by atoms with van der Waals surface area (Å²) in [7, 11) is 0. The normalized spacial score (nSPS) is 11.4. The molecule has 0 atom stereocenters. The van der Waals surface area contributed by atoms with Crippen LogP contribution in [0.2, 0.25) is 0 Å². The number of hydrogen-bond donors (Lipinski definition) is 1. The summed E-state index contributed by atoms with van der Waals surface area (Å²) in [6.07, 6.45) is 1.64. The van der Waals surface area contributed by atoms with Crippen molar-refractivity contribution in [3.05, 3.63) is 42.2 Å². The molecule has 0 aliphatic heterocycles.